The molecule has 0 atom stereocenters. The van der Waals surface area contributed by atoms with Gasteiger partial charge in [-0.05, 0) is 30.2 Å². The molecule has 5 rings (SSSR count). The number of carbonyl (C=O) groups excluding carboxylic acids is 2. The van der Waals surface area contributed by atoms with Gasteiger partial charge in [-0.1, -0.05) is 17.3 Å². The molecule has 1 N–H and O–H groups in total. The Morgan fingerprint density at radius 1 is 1.06 bits per heavy atom. The normalized spacial score (nSPS) is 15.5. The molecule has 10 heteroatoms. The number of aryl methyl sites for hydroxylation is 1. The molecule has 0 saturated heterocycles. The van der Waals surface area contributed by atoms with Gasteiger partial charge in [-0.2, -0.15) is 5.10 Å². The van der Waals surface area contributed by atoms with Crippen LogP contribution in [0.2, 0.25) is 0 Å². The summed E-state index contributed by atoms with van der Waals surface area (Å²) >= 11 is 0. The lowest BCUT2D eigenvalue weighted by molar-refractivity contribution is -0.131. The number of aromatic nitrogens is 5. The quantitative estimate of drug-likeness (QED) is 0.628. The van der Waals surface area contributed by atoms with Crippen molar-refractivity contribution in [2.75, 3.05) is 26.7 Å². The molecule has 0 unspecified atom stereocenters. The molecule has 1 aromatic carbocycles. The first-order valence-corrected chi connectivity index (χ1v) is 11.3. The van der Waals surface area contributed by atoms with Crippen molar-refractivity contribution >= 4 is 11.8 Å². The van der Waals surface area contributed by atoms with E-state index in [2.05, 4.69) is 20.5 Å². The van der Waals surface area contributed by atoms with Crippen molar-refractivity contribution in [1.29, 1.82) is 0 Å². The van der Waals surface area contributed by atoms with Crippen LogP contribution in [0.4, 0.5) is 0 Å². The monoisotopic (exact) mass is 449 g/mol. The van der Waals surface area contributed by atoms with Gasteiger partial charge in [-0.15, -0.1) is 5.10 Å². The van der Waals surface area contributed by atoms with E-state index in [1.807, 2.05) is 39.9 Å². The molecule has 10 nitrogen and oxygen atoms in total. The molecule has 2 aliphatic rings. The smallest absolute Gasteiger partial charge is 0.274 e. The van der Waals surface area contributed by atoms with Crippen molar-refractivity contribution in [3.05, 3.63) is 58.7 Å². The van der Waals surface area contributed by atoms with E-state index < -0.39 is 0 Å². The minimum atomic E-state index is -0.0864. The summed E-state index contributed by atoms with van der Waals surface area (Å²) in [6.45, 7) is 2.88. The van der Waals surface area contributed by atoms with Gasteiger partial charge in [0.15, 0.2) is 5.69 Å². The minimum Gasteiger partial charge on any atom is -0.497 e. The molecule has 0 fully saturated rings. The van der Waals surface area contributed by atoms with Gasteiger partial charge in [-0.25, -0.2) is 0 Å². The number of H-pyrrole nitrogens is 1. The van der Waals surface area contributed by atoms with Gasteiger partial charge in [-0.3, -0.25) is 19.4 Å². The second-order valence-corrected chi connectivity index (χ2v) is 8.44. The van der Waals surface area contributed by atoms with Crippen LogP contribution in [0.15, 0.2) is 30.3 Å². The van der Waals surface area contributed by atoms with Gasteiger partial charge >= 0.3 is 0 Å². The minimum absolute atomic E-state index is 0.0864. The van der Waals surface area contributed by atoms with Gasteiger partial charge in [0.05, 0.1) is 25.9 Å². The zero-order valence-electron chi connectivity index (χ0n) is 18.7. The van der Waals surface area contributed by atoms with Gasteiger partial charge < -0.3 is 14.5 Å². The van der Waals surface area contributed by atoms with E-state index in [0.29, 0.717) is 57.7 Å². The summed E-state index contributed by atoms with van der Waals surface area (Å²) in [5.74, 6) is 0.870. The predicted octanol–water partition coefficient (Wildman–Crippen LogP) is 1.23. The summed E-state index contributed by atoms with van der Waals surface area (Å²) in [5.41, 5.74) is 4.38. The fourth-order valence-electron chi connectivity index (χ4n) is 4.42. The fourth-order valence-corrected chi connectivity index (χ4v) is 4.42. The van der Waals surface area contributed by atoms with Gasteiger partial charge in [0.1, 0.15) is 11.4 Å². The SMILES string of the molecule is COc1ccc(CCC(=O)N2CCc3cc(C(=O)N4CCc5[nH]nnc5C4)nn3CC2)cc1. The number of nitrogens with zero attached hydrogens (tertiary/aromatic N) is 6. The molecular formula is C23H27N7O3. The van der Waals surface area contributed by atoms with Crippen molar-refractivity contribution < 1.29 is 14.3 Å². The highest BCUT2D eigenvalue weighted by Crippen LogP contribution is 2.19. The number of fused-ring (bicyclic) bond motifs is 2. The molecule has 0 spiro atoms. The third-order valence-electron chi connectivity index (χ3n) is 6.40. The number of hydrogen-bond acceptors (Lipinski definition) is 6. The third-order valence-corrected chi connectivity index (χ3v) is 6.40. The average molecular weight is 450 g/mol. The summed E-state index contributed by atoms with van der Waals surface area (Å²) in [6.07, 6.45) is 2.57. The Labute approximate surface area is 191 Å². The zero-order chi connectivity index (χ0) is 22.8. The molecule has 33 heavy (non-hydrogen) atoms. The molecule has 3 aromatic rings. The average Bonchev–Trinajstić information content (AvgIpc) is 3.44. The van der Waals surface area contributed by atoms with Crippen LogP contribution in [-0.2, 0) is 37.1 Å². The Bertz CT molecular complexity index is 1130. The van der Waals surface area contributed by atoms with Gasteiger partial charge in [0, 0.05) is 44.6 Å². The Morgan fingerprint density at radius 3 is 2.70 bits per heavy atom. The van der Waals surface area contributed by atoms with Crippen molar-refractivity contribution in [2.45, 2.75) is 38.8 Å². The second-order valence-electron chi connectivity index (χ2n) is 8.44. The van der Waals surface area contributed by atoms with Gasteiger partial charge in [0.25, 0.3) is 5.91 Å². The highest BCUT2D eigenvalue weighted by Gasteiger charge is 2.27. The van der Waals surface area contributed by atoms with E-state index in [9.17, 15) is 9.59 Å². The maximum absolute atomic E-state index is 13.0. The summed E-state index contributed by atoms with van der Waals surface area (Å²) in [4.78, 5) is 29.4. The topological polar surface area (TPSA) is 109 Å². The lowest BCUT2D eigenvalue weighted by atomic mass is 10.1. The van der Waals surface area contributed by atoms with Crippen LogP contribution in [-0.4, -0.2) is 73.5 Å². The molecular weight excluding hydrogens is 422 g/mol. The molecule has 2 amide bonds. The van der Waals surface area contributed by atoms with Crippen LogP contribution in [0.1, 0.15) is 39.6 Å². The molecule has 4 heterocycles. The first kappa shape index (κ1) is 21.2. The maximum atomic E-state index is 13.0. The number of nitrogens with one attached hydrogen (secondary N) is 1. The van der Waals surface area contributed by atoms with Crippen molar-refractivity contribution in [3.63, 3.8) is 0 Å². The molecule has 0 aliphatic carbocycles. The first-order valence-electron chi connectivity index (χ1n) is 11.3. The third kappa shape index (κ3) is 4.46. The molecule has 2 aromatic heterocycles. The summed E-state index contributed by atoms with van der Waals surface area (Å²) in [7, 11) is 1.64. The number of benzene rings is 1. The highest BCUT2D eigenvalue weighted by atomic mass is 16.5. The van der Waals surface area contributed by atoms with E-state index in [1.165, 1.54) is 0 Å². The number of ether oxygens (including phenoxy) is 1. The maximum Gasteiger partial charge on any atom is 0.274 e. The van der Waals surface area contributed by atoms with Crippen LogP contribution in [0.25, 0.3) is 0 Å². The van der Waals surface area contributed by atoms with Crippen LogP contribution in [0.5, 0.6) is 5.75 Å². The van der Waals surface area contributed by atoms with Crippen molar-refractivity contribution in [2.24, 2.45) is 0 Å². The van der Waals surface area contributed by atoms with Crippen molar-refractivity contribution in [1.82, 2.24) is 35.0 Å². The lowest BCUT2D eigenvalue weighted by Crippen LogP contribution is -2.36. The summed E-state index contributed by atoms with van der Waals surface area (Å²) in [6, 6.07) is 9.69. The molecule has 0 saturated carbocycles. The number of rotatable bonds is 5. The van der Waals surface area contributed by atoms with E-state index in [1.54, 1.807) is 12.0 Å². The van der Waals surface area contributed by atoms with Crippen LogP contribution in [0, 0.1) is 0 Å². The predicted molar refractivity (Wildman–Crippen MR) is 119 cm³/mol. The largest absolute Gasteiger partial charge is 0.497 e. The Balaban J connectivity index is 1.16. The van der Waals surface area contributed by atoms with Gasteiger partial charge in [0.2, 0.25) is 5.91 Å². The van der Waals surface area contributed by atoms with E-state index in [-0.39, 0.29) is 11.8 Å². The van der Waals surface area contributed by atoms with Crippen molar-refractivity contribution in [3.8, 4) is 5.75 Å². The summed E-state index contributed by atoms with van der Waals surface area (Å²) < 4.78 is 7.05. The Kier molecular flexibility index (Phi) is 5.80. The van der Waals surface area contributed by atoms with E-state index >= 15 is 0 Å². The lowest BCUT2D eigenvalue weighted by Gasteiger charge is -2.24. The first-order chi connectivity index (χ1) is 16.1. The fraction of sp³-hybridized carbons (Fsp3) is 0.435. The number of carbonyl (C=O) groups is 2. The summed E-state index contributed by atoms with van der Waals surface area (Å²) in [5, 5.41) is 15.3. The Hall–Kier alpha value is -3.69. The number of aromatic amines is 1. The molecule has 172 valence electrons. The molecule has 0 radical (unpaired) electrons. The molecule has 2 aliphatic heterocycles. The second kappa shape index (κ2) is 9.05. The molecule has 0 bridgehead atoms. The van der Waals surface area contributed by atoms with E-state index in [4.69, 9.17) is 4.74 Å². The van der Waals surface area contributed by atoms with E-state index in [0.717, 1.165) is 34.8 Å². The standard InChI is InChI=1S/C23H27N7O3/c1-33-18-5-2-16(3-6-18)4-7-22(31)28-10-8-17-14-20(26-30(17)13-12-28)23(32)29-11-9-19-21(15-29)25-27-24-19/h2-3,5-6,14H,4,7-13,15H2,1H3,(H,24,25,27). The number of methoxy groups -OCH3 is 1. The van der Waals surface area contributed by atoms with Crippen LogP contribution >= 0.6 is 0 Å². The van der Waals surface area contributed by atoms with Crippen LogP contribution in [0.3, 0.4) is 0 Å². The zero-order valence-corrected chi connectivity index (χ0v) is 18.7. The number of amides is 2. The van der Waals surface area contributed by atoms with Crippen LogP contribution < -0.4 is 4.74 Å². The highest BCUT2D eigenvalue weighted by molar-refractivity contribution is 5.92. The Morgan fingerprint density at radius 2 is 1.88 bits per heavy atom. The number of hydrogen-bond donors (Lipinski definition) is 1.